The summed E-state index contributed by atoms with van der Waals surface area (Å²) in [5.74, 6) is -0.0287. The molecule has 1 heterocycles. The Morgan fingerprint density at radius 2 is 1.88 bits per heavy atom. The fourth-order valence-electron chi connectivity index (χ4n) is 2.92. The van der Waals surface area contributed by atoms with E-state index in [2.05, 4.69) is 12.2 Å². The summed E-state index contributed by atoms with van der Waals surface area (Å²) in [4.78, 5) is 12.5. The van der Waals surface area contributed by atoms with Crippen LogP contribution in [0.4, 0.5) is 11.4 Å². The zero-order valence-corrected chi connectivity index (χ0v) is 15.3. The largest absolute Gasteiger partial charge is 0.322 e. The number of aryl methyl sites for hydroxylation is 2. The molecular formula is C19H22N2O3S. The highest BCUT2D eigenvalue weighted by atomic mass is 32.2. The Hall–Kier alpha value is -2.34. The molecular weight excluding hydrogens is 336 g/mol. The maximum Gasteiger partial charge on any atom is 0.255 e. The van der Waals surface area contributed by atoms with E-state index in [9.17, 15) is 13.2 Å². The molecule has 1 N–H and O–H groups in total. The van der Waals surface area contributed by atoms with Gasteiger partial charge in [-0.2, -0.15) is 0 Å². The van der Waals surface area contributed by atoms with Gasteiger partial charge in [-0.3, -0.25) is 9.10 Å². The van der Waals surface area contributed by atoms with Gasteiger partial charge in [-0.1, -0.05) is 25.1 Å². The van der Waals surface area contributed by atoms with Gasteiger partial charge in [0, 0.05) is 17.8 Å². The lowest BCUT2D eigenvalue weighted by Gasteiger charge is -2.19. The lowest BCUT2D eigenvalue weighted by atomic mass is 10.1. The zero-order valence-electron chi connectivity index (χ0n) is 14.5. The monoisotopic (exact) mass is 358 g/mol. The van der Waals surface area contributed by atoms with Crippen molar-refractivity contribution < 1.29 is 13.2 Å². The van der Waals surface area contributed by atoms with Gasteiger partial charge in [-0.25, -0.2) is 8.42 Å². The summed E-state index contributed by atoms with van der Waals surface area (Å²) < 4.78 is 25.6. The third-order valence-electron chi connectivity index (χ3n) is 4.48. The molecule has 0 aliphatic carbocycles. The van der Waals surface area contributed by atoms with Gasteiger partial charge in [0.2, 0.25) is 10.0 Å². The Kier molecular flexibility index (Phi) is 4.81. The first kappa shape index (κ1) is 17.5. The second-order valence-corrected chi connectivity index (χ2v) is 8.26. The predicted molar refractivity (Wildman–Crippen MR) is 101 cm³/mol. The maximum absolute atomic E-state index is 12.5. The number of sulfonamides is 1. The first-order chi connectivity index (χ1) is 11.9. The molecule has 0 unspecified atom stereocenters. The topological polar surface area (TPSA) is 66.5 Å². The molecule has 1 amide bonds. The summed E-state index contributed by atoms with van der Waals surface area (Å²) in [6, 6.07) is 12.8. The van der Waals surface area contributed by atoms with Crippen LogP contribution in [-0.2, 0) is 16.4 Å². The van der Waals surface area contributed by atoms with E-state index in [1.807, 2.05) is 25.1 Å². The molecule has 1 aliphatic heterocycles. The third kappa shape index (κ3) is 3.69. The van der Waals surface area contributed by atoms with Crippen molar-refractivity contribution in [3.8, 4) is 0 Å². The van der Waals surface area contributed by atoms with E-state index in [1.54, 1.807) is 24.3 Å². The molecule has 0 saturated carbocycles. The average molecular weight is 358 g/mol. The van der Waals surface area contributed by atoms with Gasteiger partial charge in [0.25, 0.3) is 5.91 Å². The average Bonchev–Trinajstić information content (AvgIpc) is 2.96. The molecule has 0 bridgehead atoms. The van der Waals surface area contributed by atoms with E-state index in [4.69, 9.17) is 0 Å². The Bertz CT molecular complexity index is 889. The van der Waals surface area contributed by atoms with Crippen molar-refractivity contribution in [3.63, 3.8) is 0 Å². The Morgan fingerprint density at radius 3 is 2.48 bits per heavy atom. The standard InChI is InChI=1S/C19H22N2O3S/c1-3-15-6-8-16(9-7-15)19(22)20-18-13-17(10-5-14(18)2)21-11-4-12-25(21,23)24/h5-10,13H,3-4,11-12H2,1-2H3,(H,20,22). The fourth-order valence-corrected chi connectivity index (χ4v) is 4.47. The molecule has 1 saturated heterocycles. The highest BCUT2D eigenvalue weighted by Gasteiger charge is 2.28. The zero-order chi connectivity index (χ0) is 18.0. The summed E-state index contributed by atoms with van der Waals surface area (Å²) >= 11 is 0. The van der Waals surface area contributed by atoms with Crippen LogP contribution in [-0.4, -0.2) is 26.6 Å². The molecule has 0 atom stereocenters. The van der Waals surface area contributed by atoms with Gasteiger partial charge >= 0.3 is 0 Å². The van der Waals surface area contributed by atoms with E-state index in [-0.39, 0.29) is 11.7 Å². The van der Waals surface area contributed by atoms with E-state index < -0.39 is 10.0 Å². The minimum absolute atomic E-state index is 0.173. The quantitative estimate of drug-likeness (QED) is 0.911. The molecule has 5 nitrogen and oxygen atoms in total. The van der Waals surface area contributed by atoms with Crippen molar-refractivity contribution in [1.82, 2.24) is 0 Å². The van der Waals surface area contributed by atoms with Crippen LogP contribution in [0.25, 0.3) is 0 Å². The summed E-state index contributed by atoms with van der Waals surface area (Å²) in [6.07, 6.45) is 1.55. The summed E-state index contributed by atoms with van der Waals surface area (Å²) in [5, 5.41) is 2.89. The van der Waals surface area contributed by atoms with Crippen LogP contribution >= 0.6 is 0 Å². The van der Waals surface area contributed by atoms with E-state index in [1.165, 1.54) is 9.87 Å². The molecule has 6 heteroatoms. The number of anilines is 2. The lowest BCUT2D eigenvalue weighted by Crippen LogP contribution is -2.25. The molecule has 25 heavy (non-hydrogen) atoms. The van der Waals surface area contributed by atoms with E-state index >= 15 is 0 Å². The number of rotatable bonds is 4. The lowest BCUT2D eigenvalue weighted by molar-refractivity contribution is 0.102. The van der Waals surface area contributed by atoms with Crippen molar-refractivity contribution in [3.05, 3.63) is 59.2 Å². The van der Waals surface area contributed by atoms with Gasteiger partial charge < -0.3 is 5.32 Å². The second-order valence-electron chi connectivity index (χ2n) is 6.25. The first-order valence-electron chi connectivity index (χ1n) is 8.42. The van der Waals surface area contributed by atoms with E-state index in [0.29, 0.717) is 29.9 Å². The minimum Gasteiger partial charge on any atom is -0.322 e. The van der Waals surface area contributed by atoms with Crippen LogP contribution < -0.4 is 9.62 Å². The van der Waals surface area contributed by atoms with Crippen molar-refractivity contribution in [2.75, 3.05) is 21.9 Å². The number of nitrogens with zero attached hydrogens (tertiary/aromatic N) is 1. The number of amides is 1. The number of carbonyl (C=O) groups excluding carboxylic acids is 1. The third-order valence-corrected chi connectivity index (χ3v) is 6.35. The molecule has 2 aromatic carbocycles. The molecule has 1 aliphatic rings. The summed E-state index contributed by atoms with van der Waals surface area (Å²) in [6.45, 7) is 4.44. The van der Waals surface area contributed by atoms with Crippen LogP contribution in [0, 0.1) is 6.92 Å². The Labute approximate surface area is 148 Å². The van der Waals surface area contributed by atoms with Gasteiger partial charge in [-0.05, 0) is 55.2 Å². The molecule has 3 rings (SSSR count). The predicted octanol–water partition coefficient (Wildman–Crippen LogP) is 3.35. The number of carbonyl (C=O) groups is 1. The van der Waals surface area contributed by atoms with Crippen LogP contribution in [0.15, 0.2) is 42.5 Å². The maximum atomic E-state index is 12.5. The number of nitrogens with one attached hydrogen (secondary N) is 1. The fraction of sp³-hybridized carbons (Fsp3) is 0.316. The SMILES string of the molecule is CCc1ccc(C(=O)Nc2cc(N3CCCS3(=O)=O)ccc2C)cc1. The Balaban J connectivity index is 1.84. The van der Waals surface area contributed by atoms with Crippen LogP contribution in [0.1, 0.15) is 34.8 Å². The summed E-state index contributed by atoms with van der Waals surface area (Å²) in [7, 11) is -3.24. The number of benzene rings is 2. The Morgan fingerprint density at radius 1 is 1.16 bits per heavy atom. The second kappa shape index (κ2) is 6.88. The van der Waals surface area contributed by atoms with Crippen LogP contribution in [0.3, 0.4) is 0 Å². The van der Waals surface area contributed by atoms with Gasteiger partial charge in [0.1, 0.15) is 0 Å². The van der Waals surface area contributed by atoms with Crippen molar-refractivity contribution >= 4 is 27.3 Å². The summed E-state index contributed by atoms with van der Waals surface area (Å²) in [5.41, 5.74) is 3.87. The number of hydrogen-bond donors (Lipinski definition) is 1. The molecule has 0 radical (unpaired) electrons. The van der Waals surface area contributed by atoms with Gasteiger partial charge in [0.15, 0.2) is 0 Å². The van der Waals surface area contributed by atoms with Crippen molar-refractivity contribution in [2.45, 2.75) is 26.7 Å². The normalized spacial score (nSPS) is 16.0. The van der Waals surface area contributed by atoms with Gasteiger partial charge in [0.05, 0.1) is 11.4 Å². The smallest absolute Gasteiger partial charge is 0.255 e. The molecule has 1 fully saturated rings. The van der Waals surface area contributed by atoms with E-state index in [0.717, 1.165) is 12.0 Å². The highest BCUT2D eigenvalue weighted by Crippen LogP contribution is 2.28. The molecule has 0 aromatic heterocycles. The van der Waals surface area contributed by atoms with Crippen LogP contribution in [0.2, 0.25) is 0 Å². The molecule has 0 spiro atoms. The van der Waals surface area contributed by atoms with Crippen molar-refractivity contribution in [1.29, 1.82) is 0 Å². The minimum atomic E-state index is -3.24. The first-order valence-corrected chi connectivity index (χ1v) is 10.0. The number of hydrogen-bond acceptors (Lipinski definition) is 3. The molecule has 2 aromatic rings. The molecule has 132 valence electrons. The van der Waals surface area contributed by atoms with Crippen molar-refractivity contribution in [2.24, 2.45) is 0 Å². The van der Waals surface area contributed by atoms with Crippen LogP contribution in [0.5, 0.6) is 0 Å². The van der Waals surface area contributed by atoms with Gasteiger partial charge in [-0.15, -0.1) is 0 Å². The highest BCUT2D eigenvalue weighted by molar-refractivity contribution is 7.93.